The van der Waals surface area contributed by atoms with Gasteiger partial charge in [-0.1, -0.05) is 213 Å². The molecule has 390 valence electrons. The molecule has 83 heavy (non-hydrogen) atoms. The molecule has 0 N–H and O–H groups in total. The second-order valence-electron chi connectivity index (χ2n) is 22.1. The lowest BCUT2D eigenvalue weighted by Crippen LogP contribution is -2.36. The predicted molar refractivity (Wildman–Crippen MR) is 350 cm³/mol. The highest BCUT2D eigenvalue weighted by Gasteiger charge is 2.52. The van der Waals surface area contributed by atoms with Crippen molar-refractivity contribution in [1.29, 1.82) is 0 Å². The van der Waals surface area contributed by atoms with E-state index >= 15 is 0 Å². The lowest BCUT2D eigenvalue weighted by molar-refractivity contribution is 0.754. The quantitative estimate of drug-likeness (QED) is 0.131. The minimum atomic E-state index is -0.734. The van der Waals surface area contributed by atoms with Gasteiger partial charge in [0.2, 0.25) is 0 Å². The van der Waals surface area contributed by atoms with Crippen LogP contribution in [-0.4, -0.2) is 9.13 Å². The van der Waals surface area contributed by atoms with Crippen LogP contribution in [0.2, 0.25) is 0 Å². The fourth-order valence-corrected chi connectivity index (χ4v) is 14.0. The van der Waals surface area contributed by atoms with Gasteiger partial charge < -0.3 is 14.0 Å². The first kappa shape index (κ1) is 48.2. The molecule has 14 aromatic rings. The summed E-state index contributed by atoms with van der Waals surface area (Å²) in [7, 11) is 0. The van der Waals surface area contributed by atoms with Crippen LogP contribution in [0, 0.1) is 0 Å². The van der Waals surface area contributed by atoms with E-state index in [4.69, 9.17) is 0 Å². The molecular weight excluding hydrogens is 1000 g/mol. The number of rotatable bonds is 9. The van der Waals surface area contributed by atoms with E-state index < -0.39 is 5.41 Å². The number of hydrogen-bond acceptors (Lipinski definition) is 1. The molecule has 0 unspecified atom stereocenters. The van der Waals surface area contributed by atoms with Gasteiger partial charge >= 0.3 is 0 Å². The highest BCUT2D eigenvalue weighted by atomic mass is 15.2. The van der Waals surface area contributed by atoms with Gasteiger partial charge in [-0.3, -0.25) is 0 Å². The molecule has 0 saturated carbocycles. The summed E-state index contributed by atoms with van der Waals surface area (Å²) in [6.07, 6.45) is 7.98. The zero-order chi connectivity index (χ0) is 55.2. The molecule has 1 spiro atoms. The minimum absolute atomic E-state index is 0.734. The van der Waals surface area contributed by atoms with Crippen LogP contribution in [0.1, 0.15) is 34.7 Å². The van der Waals surface area contributed by atoms with Gasteiger partial charge in [-0.05, 0) is 182 Å². The Morgan fingerprint density at radius 2 is 0.771 bits per heavy atom. The largest absolute Gasteiger partial charge is 0.310 e. The summed E-state index contributed by atoms with van der Waals surface area (Å²) in [6.45, 7) is 6.03. The maximum absolute atomic E-state index is 3.86. The third-order valence-corrected chi connectivity index (χ3v) is 17.6. The van der Waals surface area contributed by atoms with Gasteiger partial charge in [-0.25, -0.2) is 0 Å². The Morgan fingerprint density at radius 1 is 0.337 bits per heavy atom. The molecule has 0 saturated heterocycles. The number of para-hydroxylation sites is 5. The zero-order valence-corrected chi connectivity index (χ0v) is 45.9. The third-order valence-electron chi connectivity index (χ3n) is 17.6. The van der Waals surface area contributed by atoms with E-state index in [0.717, 1.165) is 22.6 Å². The summed E-state index contributed by atoms with van der Waals surface area (Å²) in [4.78, 5) is 2.48. The highest BCUT2D eigenvalue weighted by Crippen LogP contribution is 2.65. The smallest absolute Gasteiger partial charge is 0.0755 e. The van der Waals surface area contributed by atoms with Crippen molar-refractivity contribution in [2.24, 2.45) is 0 Å². The van der Waals surface area contributed by atoms with Gasteiger partial charge in [0, 0.05) is 38.6 Å². The Bertz CT molecular complexity index is 4960. The summed E-state index contributed by atoms with van der Waals surface area (Å²) in [6, 6.07) is 104. The number of nitrogens with zero attached hydrogens (tertiary/aromatic N) is 3. The normalized spacial score (nSPS) is 13.3. The molecule has 0 amide bonds. The molecule has 0 radical (unpaired) electrons. The number of benzene rings is 12. The Balaban J connectivity index is 0.967. The lowest BCUT2D eigenvalue weighted by Gasteiger charge is -2.45. The zero-order valence-electron chi connectivity index (χ0n) is 45.9. The van der Waals surface area contributed by atoms with E-state index in [1.807, 2.05) is 12.2 Å². The van der Waals surface area contributed by atoms with Gasteiger partial charge in [0.25, 0.3) is 0 Å². The van der Waals surface area contributed by atoms with Crippen LogP contribution in [0.15, 0.2) is 310 Å². The summed E-state index contributed by atoms with van der Waals surface area (Å²) in [5.41, 5.74) is 26.7. The average molecular weight is 1060 g/mol. The van der Waals surface area contributed by atoms with Crippen LogP contribution in [-0.2, 0) is 5.41 Å². The molecule has 0 bridgehead atoms. The Hall–Kier alpha value is -10.7. The van der Waals surface area contributed by atoms with E-state index in [1.165, 1.54) is 127 Å². The topological polar surface area (TPSA) is 13.1 Å². The van der Waals surface area contributed by atoms with Crippen molar-refractivity contribution in [3.05, 3.63) is 338 Å². The number of aromatic nitrogens is 2. The summed E-state index contributed by atoms with van der Waals surface area (Å²) in [5.74, 6) is 0. The standard InChI is InChI=1S/C80H55N3/c1-3-4-7-24-53(2)55-27-20-29-57(45-55)59-31-22-35-62(47-59)82-74-41-16-12-37-64(74)68-49-66-67-50-69-65-38-13-17-42-75(65)83(63-36-23-32-60(48-63)58-30-21-28-56(46-58)54-25-8-5-9-26-54)79(69)52-73(67)80(72(66)51-78(68)82)70-39-14-18-43-76(70)81(61-33-10-6-11-34-61)77-44-19-15-40-71(77)80/h3-52H,1H2,2H3/b7-4-,53-24+. The minimum Gasteiger partial charge on any atom is -0.310 e. The molecule has 3 heteroatoms. The number of anilines is 3. The first-order valence-electron chi connectivity index (χ1n) is 28.7. The molecule has 2 aromatic heterocycles. The van der Waals surface area contributed by atoms with Crippen LogP contribution in [0.25, 0.3) is 105 Å². The van der Waals surface area contributed by atoms with Crippen molar-refractivity contribution in [2.75, 3.05) is 4.90 Å². The fourth-order valence-electron chi connectivity index (χ4n) is 14.0. The van der Waals surface area contributed by atoms with Crippen LogP contribution in [0.5, 0.6) is 0 Å². The Morgan fingerprint density at radius 3 is 1.34 bits per heavy atom. The maximum Gasteiger partial charge on any atom is 0.0755 e. The summed E-state index contributed by atoms with van der Waals surface area (Å²) in [5, 5.41) is 4.90. The average Bonchev–Trinajstić information content (AvgIpc) is 4.24. The van der Waals surface area contributed by atoms with E-state index in [9.17, 15) is 0 Å². The van der Waals surface area contributed by atoms with Crippen molar-refractivity contribution in [3.8, 4) is 55.9 Å². The molecule has 12 aromatic carbocycles. The number of hydrogen-bond donors (Lipinski definition) is 0. The highest BCUT2D eigenvalue weighted by molar-refractivity contribution is 6.16. The van der Waals surface area contributed by atoms with Crippen molar-refractivity contribution in [3.63, 3.8) is 0 Å². The molecule has 3 heterocycles. The summed E-state index contributed by atoms with van der Waals surface area (Å²) < 4.78 is 5.03. The SMILES string of the molecule is C=C/C=C\C=C(/C)c1cccc(-c2cccc(-n3c4ccccc4c4cc5c(cc43)C3(c4cc6c(cc4-5)c4ccccc4n6-c4cccc(-c5cccc(-c6ccccc6)c5)c4)c4ccccc4N(c4ccccc4)c4ccccc43)c2)c1. The Labute approximate surface area is 483 Å². The van der Waals surface area contributed by atoms with Crippen LogP contribution in [0.3, 0.4) is 0 Å². The van der Waals surface area contributed by atoms with Gasteiger partial charge in [0.05, 0.1) is 38.9 Å². The maximum atomic E-state index is 3.86. The van der Waals surface area contributed by atoms with Crippen LogP contribution in [0.4, 0.5) is 17.1 Å². The van der Waals surface area contributed by atoms with Crippen LogP contribution >= 0.6 is 0 Å². The lowest BCUT2D eigenvalue weighted by atomic mass is 9.64. The van der Waals surface area contributed by atoms with Crippen molar-refractivity contribution >= 4 is 66.2 Å². The molecule has 2 aliphatic rings. The first-order valence-corrected chi connectivity index (χ1v) is 28.7. The number of fused-ring (bicyclic) bond motifs is 15. The fraction of sp³-hybridized carbons (Fsp3) is 0.0250. The van der Waals surface area contributed by atoms with E-state index in [-0.39, 0.29) is 0 Å². The van der Waals surface area contributed by atoms with Crippen LogP contribution < -0.4 is 4.90 Å². The van der Waals surface area contributed by atoms with E-state index in [0.29, 0.717) is 0 Å². The third kappa shape index (κ3) is 7.45. The monoisotopic (exact) mass is 1060 g/mol. The molecule has 3 nitrogen and oxygen atoms in total. The summed E-state index contributed by atoms with van der Waals surface area (Å²) >= 11 is 0. The van der Waals surface area contributed by atoms with E-state index in [2.05, 4.69) is 319 Å². The Kier molecular flexibility index (Phi) is 11.2. The van der Waals surface area contributed by atoms with Gasteiger partial charge in [-0.15, -0.1) is 0 Å². The molecular formula is C80H55N3. The van der Waals surface area contributed by atoms with Crippen molar-refractivity contribution in [2.45, 2.75) is 12.3 Å². The van der Waals surface area contributed by atoms with Gasteiger partial charge in [0.15, 0.2) is 0 Å². The van der Waals surface area contributed by atoms with Crippen molar-refractivity contribution < 1.29 is 0 Å². The van der Waals surface area contributed by atoms with E-state index in [1.54, 1.807) is 0 Å². The number of allylic oxidation sites excluding steroid dienone is 5. The predicted octanol–water partition coefficient (Wildman–Crippen LogP) is 21.2. The molecule has 1 aliphatic carbocycles. The first-order chi connectivity index (χ1) is 41.0. The molecule has 1 aliphatic heterocycles. The molecule has 0 fully saturated rings. The van der Waals surface area contributed by atoms with Gasteiger partial charge in [-0.2, -0.15) is 0 Å². The van der Waals surface area contributed by atoms with Gasteiger partial charge in [0.1, 0.15) is 0 Å². The second kappa shape index (κ2) is 19.2. The second-order valence-corrected chi connectivity index (χ2v) is 22.1. The van der Waals surface area contributed by atoms with Crippen molar-refractivity contribution in [1.82, 2.24) is 9.13 Å². The molecule has 16 rings (SSSR count). The molecule has 0 atom stereocenters.